The van der Waals surface area contributed by atoms with Crippen LogP contribution in [0.4, 0.5) is 0 Å². The fourth-order valence-electron chi connectivity index (χ4n) is 3.62. The molecule has 0 saturated heterocycles. The molecule has 4 aromatic rings. The van der Waals surface area contributed by atoms with Crippen LogP contribution in [0.2, 0.25) is 0 Å². The number of sulfonamides is 1. The predicted molar refractivity (Wildman–Crippen MR) is 130 cm³/mol. The molecule has 0 bridgehead atoms. The minimum absolute atomic E-state index is 0.217. The van der Waals surface area contributed by atoms with E-state index in [1.54, 1.807) is 16.8 Å². The van der Waals surface area contributed by atoms with Crippen LogP contribution in [0.1, 0.15) is 17.0 Å². The van der Waals surface area contributed by atoms with Crippen molar-refractivity contribution in [3.05, 3.63) is 89.9 Å². The normalized spacial score (nSPS) is 11.9. The van der Waals surface area contributed by atoms with Crippen LogP contribution in [-0.4, -0.2) is 46.1 Å². The molecule has 0 atom stereocenters. The molecule has 0 saturated carbocycles. The summed E-state index contributed by atoms with van der Waals surface area (Å²) in [5, 5.41) is 4.69. The van der Waals surface area contributed by atoms with Gasteiger partial charge < -0.3 is 9.30 Å². The maximum atomic E-state index is 12.7. The van der Waals surface area contributed by atoms with Gasteiger partial charge in [0, 0.05) is 33.9 Å². The summed E-state index contributed by atoms with van der Waals surface area (Å²) >= 11 is 0. The van der Waals surface area contributed by atoms with Crippen molar-refractivity contribution in [2.75, 3.05) is 14.1 Å². The third kappa shape index (κ3) is 5.44. The first-order valence-corrected chi connectivity index (χ1v) is 12.5. The minimum atomic E-state index is -3.56. The molecule has 0 N–H and O–H groups in total. The van der Waals surface area contributed by atoms with E-state index in [0.29, 0.717) is 30.5 Å². The molecule has 2 heterocycles. The second-order valence-electron chi connectivity index (χ2n) is 8.25. The highest BCUT2D eigenvalue weighted by atomic mass is 32.2. The lowest BCUT2D eigenvalue weighted by molar-refractivity contribution is 0.101. The van der Waals surface area contributed by atoms with Gasteiger partial charge in [-0.1, -0.05) is 60.7 Å². The van der Waals surface area contributed by atoms with E-state index in [2.05, 4.69) is 17.2 Å². The van der Waals surface area contributed by atoms with Crippen molar-refractivity contribution >= 4 is 10.0 Å². The van der Waals surface area contributed by atoms with Crippen LogP contribution in [0.15, 0.2) is 77.8 Å². The zero-order valence-corrected chi connectivity index (χ0v) is 20.4. The van der Waals surface area contributed by atoms with Crippen LogP contribution in [0, 0.1) is 0 Å². The predicted octanol–water partition coefficient (Wildman–Crippen LogP) is 3.49. The molecule has 178 valence electrons. The average Bonchev–Trinajstić information content (AvgIpc) is 3.42. The number of nitrogens with zero attached hydrogens (tertiary/aromatic N) is 5. The number of hydrogen-bond donors (Lipinski definition) is 0. The number of ether oxygens (including phenoxy) is 1. The fraction of sp³-hybridized carbons (Fsp3) is 0.280. The molecule has 2 aromatic heterocycles. The molecule has 0 radical (unpaired) electrons. The number of hydrogen-bond acceptors (Lipinski definition) is 5. The largest absolute Gasteiger partial charge is 0.369 e. The topological polar surface area (TPSA) is 82.2 Å². The summed E-state index contributed by atoms with van der Waals surface area (Å²) in [5.41, 5.74) is 2.94. The first kappa shape index (κ1) is 23.9. The van der Waals surface area contributed by atoms with Gasteiger partial charge in [-0.05, 0) is 23.6 Å². The molecule has 0 aliphatic carbocycles. The maximum absolute atomic E-state index is 12.7. The SMILES string of the molecule is CN(C)S(=O)(=O)c1cc(-c2nc(COCc3ccccc3)nn2CCc2ccccc2)n(C)c1. The van der Waals surface area contributed by atoms with Gasteiger partial charge >= 0.3 is 0 Å². The zero-order chi connectivity index (χ0) is 24.1. The lowest BCUT2D eigenvalue weighted by atomic mass is 10.1. The number of rotatable bonds is 10. The average molecular weight is 480 g/mol. The van der Waals surface area contributed by atoms with Crippen molar-refractivity contribution in [1.29, 1.82) is 0 Å². The molecule has 9 heteroatoms. The van der Waals surface area contributed by atoms with Crippen LogP contribution in [-0.2, 0) is 48.0 Å². The van der Waals surface area contributed by atoms with E-state index in [9.17, 15) is 8.42 Å². The monoisotopic (exact) mass is 479 g/mol. The molecule has 0 aliphatic heterocycles. The van der Waals surface area contributed by atoms with E-state index in [1.165, 1.54) is 24.0 Å². The van der Waals surface area contributed by atoms with E-state index in [0.717, 1.165) is 12.0 Å². The zero-order valence-electron chi connectivity index (χ0n) is 19.6. The molecule has 2 aromatic carbocycles. The minimum Gasteiger partial charge on any atom is -0.369 e. The molecule has 0 aliphatic rings. The number of aryl methyl sites for hydroxylation is 3. The first-order valence-electron chi connectivity index (χ1n) is 11.0. The Balaban J connectivity index is 1.61. The van der Waals surface area contributed by atoms with E-state index in [1.807, 2.05) is 60.3 Å². The second kappa shape index (κ2) is 10.3. The molecule has 4 rings (SSSR count). The van der Waals surface area contributed by atoms with Gasteiger partial charge in [0.05, 0.1) is 12.3 Å². The fourth-order valence-corrected chi connectivity index (χ4v) is 4.59. The smallest absolute Gasteiger partial charge is 0.244 e. The van der Waals surface area contributed by atoms with Crippen molar-refractivity contribution in [3.8, 4) is 11.5 Å². The van der Waals surface area contributed by atoms with E-state index >= 15 is 0 Å². The van der Waals surface area contributed by atoms with Crippen molar-refractivity contribution in [3.63, 3.8) is 0 Å². The lowest BCUT2D eigenvalue weighted by Gasteiger charge is -2.08. The Morgan fingerprint density at radius 2 is 1.59 bits per heavy atom. The Morgan fingerprint density at radius 1 is 0.941 bits per heavy atom. The number of benzene rings is 2. The Hall–Kier alpha value is -3.27. The molecule has 0 unspecified atom stereocenters. The summed E-state index contributed by atoms with van der Waals surface area (Å²) in [4.78, 5) is 4.94. The van der Waals surface area contributed by atoms with Gasteiger partial charge in [0.15, 0.2) is 11.6 Å². The highest BCUT2D eigenvalue weighted by Crippen LogP contribution is 2.25. The highest BCUT2D eigenvalue weighted by Gasteiger charge is 2.23. The van der Waals surface area contributed by atoms with Gasteiger partial charge in [0.1, 0.15) is 11.5 Å². The molecule has 0 spiro atoms. The lowest BCUT2D eigenvalue weighted by Crippen LogP contribution is -2.21. The summed E-state index contributed by atoms with van der Waals surface area (Å²) < 4.78 is 36.0. The quantitative estimate of drug-likeness (QED) is 0.348. The molecular formula is C25H29N5O3S. The van der Waals surface area contributed by atoms with Gasteiger partial charge in [-0.2, -0.15) is 5.10 Å². The van der Waals surface area contributed by atoms with Crippen molar-refractivity contribution in [2.24, 2.45) is 7.05 Å². The summed E-state index contributed by atoms with van der Waals surface area (Å²) in [7, 11) is 1.29. The standard InChI is InChI=1S/C25H29N5O3S/c1-28(2)34(31,32)22-16-23(29(3)17-22)25-26-24(19-33-18-21-12-8-5-9-13-21)27-30(25)15-14-20-10-6-4-7-11-20/h4-13,16-17H,14-15,18-19H2,1-3H3. The van der Waals surface area contributed by atoms with Crippen molar-refractivity contribution in [1.82, 2.24) is 23.6 Å². The maximum Gasteiger partial charge on any atom is 0.244 e. The van der Waals surface area contributed by atoms with E-state index in [-0.39, 0.29) is 11.5 Å². The molecule has 0 fully saturated rings. The third-order valence-electron chi connectivity index (χ3n) is 5.50. The van der Waals surface area contributed by atoms with Gasteiger partial charge in [0.25, 0.3) is 0 Å². The van der Waals surface area contributed by atoms with Gasteiger partial charge in [-0.25, -0.2) is 22.4 Å². The summed E-state index contributed by atoms with van der Waals surface area (Å²) in [6.07, 6.45) is 2.38. The van der Waals surface area contributed by atoms with Gasteiger partial charge in [0.2, 0.25) is 10.0 Å². The summed E-state index contributed by atoms with van der Waals surface area (Å²) in [5.74, 6) is 1.16. The van der Waals surface area contributed by atoms with Gasteiger partial charge in [-0.3, -0.25) is 0 Å². The Bertz CT molecular complexity index is 1330. The van der Waals surface area contributed by atoms with Crippen LogP contribution >= 0.6 is 0 Å². The van der Waals surface area contributed by atoms with Crippen LogP contribution in [0.25, 0.3) is 11.5 Å². The highest BCUT2D eigenvalue weighted by molar-refractivity contribution is 7.89. The second-order valence-corrected chi connectivity index (χ2v) is 10.4. The van der Waals surface area contributed by atoms with Crippen LogP contribution < -0.4 is 0 Å². The summed E-state index contributed by atoms with van der Waals surface area (Å²) in [6, 6.07) is 21.7. The molecular weight excluding hydrogens is 450 g/mol. The Labute approximate surface area is 200 Å². The van der Waals surface area contributed by atoms with Crippen LogP contribution in [0.5, 0.6) is 0 Å². The first-order chi connectivity index (χ1) is 16.3. The molecule has 8 nitrogen and oxygen atoms in total. The van der Waals surface area contributed by atoms with Crippen molar-refractivity contribution in [2.45, 2.75) is 31.1 Å². The van der Waals surface area contributed by atoms with Crippen molar-refractivity contribution < 1.29 is 13.2 Å². The molecule has 34 heavy (non-hydrogen) atoms. The third-order valence-corrected chi connectivity index (χ3v) is 7.28. The van der Waals surface area contributed by atoms with E-state index in [4.69, 9.17) is 9.72 Å². The van der Waals surface area contributed by atoms with E-state index < -0.39 is 10.0 Å². The number of aromatic nitrogens is 4. The summed E-state index contributed by atoms with van der Waals surface area (Å²) in [6.45, 7) is 1.32. The molecule has 0 amide bonds. The van der Waals surface area contributed by atoms with Crippen LogP contribution in [0.3, 0.4) is 0 Å². The Morgan fingerprint density at radius 3 is 2.24 bits per heavy atom. The Kier molecular flexibility index (Phi) is 7.26. The van der Waals surface area contributed by atoms with Gasteiger partial charge in [-0.15, -0.1) is 0 Å².